The zero-order valence-electron chi connectivity index (χ0n) is 17.5. The Morgan fingerprint density at radius 3 is 2.04 bits per heavy atom. The minimum atomic E-state index is -0.314. The van der Waals surface area contributed by atoms with Crippen LogP contribution >= 0.6 is 0 Å². The first-order valence-corrected chi connectivity index (χ1v) is 9.77. The standard InChI is InChI=1S/C25H32O3/c1-6-25(4,21(3)27-18-22-13-9-7-10-14-22)24(17-20(2)26-5)28-19-23-15-11-8-12-16-23/h7-17,21H,2,6,18-19H2,1,3-5H3/b24-17+/t21?,25-/m1/s1. The molecule has 0 spiro atoms. The lowest BCUT2D eigenvalue weighted by Crippen LogP contribution is -2.35. The Balaban J connectivity index is 2.17. The molecule has 0 aliphatic rings. The van der Waals surface area contributed by atoms with Crippen LogP contribution in [0.5, 0.6) is 0 Å². The molecule has 3 nitrogen and oxygen atoms in total. The van der Waals surface area contributed by atoms with Crippen LogP contribution in [0.3, 0.4) is 0 Å². The summed E-state index contributed by atoms with van der Waals surface area (Å²) in [5, 5.41) is 0. The fourth-order valence-corrected chi connectivity index (χ4v) is 2.95. The fourth-order valence-electron chi connectivity index (χ4n) is 2.95. The van der Waals surface area contributed by atoms with E-state index in [-0.39, 0.29) is 11.5 Å². The summed E-state index contributed by atoms with van der Waals surface area (Å²) in [5.41, 5.74) is 1.96. The average Bonchev–Trinajstić information content (AvgIpc) is 2.75. The Bertz CT molecular complexity index is 752. The predicted octanol–water partition coefficient (Wildman–Crippen LogP) is 6.27. The van der Waals surface area contributed by atoms with Crippen molar-refractivity contribution < 1.29 is 14.2 Å². The Labute approximate surface area is 169 Å². The highest BCUT2D eigenvalue weighted by Crippen LogP contribution is 2.38. The summed E-state index contributed by atoms with van der Waals surface area (Å²) in [6.45, 7) is 11.4. The number of hydrogen-bond acceptors (Lipinski definition) is 3. The maximum absolute atomic E-state index is 6.27. The summed E-state index contributed by atoms with van der Waals surface area (Å²) >= 11 is 0. The maximum atomic E-state index is 6.27. The fraction of sp³-hybridized carbons (Fsp3) is 0.360. The van der Waals surface area contributed by atoms with E-state index in [9.17, 15) is 0 Å². The zero-order valence-corrected chi connectivity index (χ0v) is 17.5. The lowest BCUT2D eigenvalue weighted by Gasteiger charge is -2.36. The molecule has 28 heavy (non-hydrogen) atoms. The van der Waals surface area contributed by atoms with Crippen molar-refractivity contribution in [1.29, 1.82) is 0 Å². The van der Waals surface area contributed by atoms with Crippen LogP contribution in [-0.2, 0) is 27.4 Å². The smallest absolute Gasteiger partial charge is 0.115 e. The van der Waals surface area contributed by atoms with Crippen molar-refractivity contribution in [1.82, 2.24) is 0 Å². The molecule has 2 rings (SSSR count). The molecule has 0 bridgehead atoms. The second kappa shape index (κ2) is 10.7. The van der Waals surface area contributed by atoms with Gasteiger partial charge in [-0.25, -0.2) is 0 Å². The molecule has 0 aromatic heterocycles. The Hall–Kier alpha value is -2.52. The molecule has 2 aromatic carbocycles. The van der Waals surface area contributed by atoms with E-state index in [0.717, 1.165) is 23.3 Å². The second-order valence-corrected chi connectivity index (χ2v) is 7.16. The van der Waals surface area contributed by atoms with E-state index in [1.165, 1.54) is 0 Å². The van der Waals surface area contributed by atoms with Crippen molar-refractivity contribution in [2.24, 2.45) is 5.41 Å². The van der Waals surface area contributed by atoms with Crippen molar-refractivity contribution in [2.75, 3.05) is 7.11 Å². The van der Waals surface area contributed by atoms with Crippen LogP contribution in [0.4, 0.5) is 0 Å². The van der Waals surface area contributed by atoms with Crippen molar-refractivity contribution in [3.63, 3.8) is 0 Å². The lowest BCUT2D eigenvalue weighted by molar-refractivity contribution is -0.0437. The first-order chi connectivity index (χ1) is 13.5. The number of rotatable bonds is 11. The largest absolute Gasteiger partial charge is 0.497 e. The predicted molar refractivity (Wildman–Crippen MR) is 115 cm³/mol. The van der Waals surface area contributed by atoms with Crippen LogP contribution in [-0.4, -0.2) is 13.2 Å². The van der Waals surface area contributed by atoms with Crippen LogP contribution in [0.25, 0.3) is 0 Å². The Kier molecular flexibility index (Phi) is 8.34. The average molecular weight is 381 g/mol. The molecule has 0 aliphatic heterocycles. The van der Waals surface area contributed by atoms with E-state index in [4.69, 9.17) is 14.2 Å². The normalized spacial score (nSPS) is 14.8. The molecule has 2 atom stereocenters. The van der Waals surface area contributed by atoms with E-state index in [1.54, 1.807) is 7.11 Å². The summed E-state index contributed by atoms with van der Waals surface area (Å²) in [4.78, 5) is 0. The molecule has 0 radical (unpaired) electrons. The van der Waals surface area contributed by atoms with E-state index in [2.05, 4.69) is 51.6 Å². The minimum Gasteiger partial charge on any atom is -0.497 e. The second-order valence-electron chi connectivity index (χ2n) is 7.16. The molecule has 0 saturated heterocycles. The van der Waals surface area contributed by atoms with Gasteiger partial charge < -0.3 is 14.2 Å². The highest BCUT2D eigenvalue weighted by molar-refractivity contribution is 5.21. The highest BCUT2D eigenvalue weighted by atomic mass is 16.5. The van der Waals surface area contributed by atoms with E-state index in [1.807, 2.05) is 42.5 Å². The number of benzene rings is 2. The number of methoxy groups -OCH3 is 1. The summed E-state index contributed by atoms with van der Waals surface area (Å²) in [7, 11) is 1.62. The molecule has 0 heterocycles. The van der Waals surface area contributed by atoms with Crippen LogP contribution in [0, 0.1) is 5.41 Å². The van der Waals surface area contributed by atoms with Gasteiger partial charge in [0.05, 0.1) is 25.2 Å². The van der Waals surface area contributed by atoms with Gasteiger partial charge in [-0.1, -0.05) is 81.1 Å². The van der Waals surface area contributed by atoms with Crippen LogP contribution in [0.15, 0.2) is 84.8 Å². The van der Waals surface area contributed by atoms with Gasteiger partial charge in [0, 0.05) is 6.08 Å². The van der Waals surface area contributed by atoms with Gasteiger partial charge in [0.15, 0.2) is 0 Å². The van der Waals surface area contributed by atoms with Gasteiger partial charge in [0.2, 0.25) is 0 Å². The topological polar surface area (TPSA) is 27.7 Å². The van der Waals surface area contributed by atoms with Gasteiger partial charge in [-0.15, -0.1) is 0 Å². The number of ether oxygens (including phenoxy) is 3. The van der Waals surface area contributed by atoms with E-state index >= 15 is 0 Å². The third kappa shape index (κ3) is 6.00. The third-order valence-electron chi connectivity index (χ3n) is 5.33. The molecule has 0 amide bonds. The molecular formula is C25H32O3. The lowest BCUT2D eigenvalue weighted by atomic mass is 9.79. The zero-order chi connectivity index (χ0) is 20.4. The monoisotopic (exact) mass is 380 g/mol. The molecular weight excluding hydrogens is 348 g/mol. The SMILES string of the molecule is C=C(/C=C(/OCc1ccccc1)[C@](C)(CC)C(C)OCc1ccccc1)OC. The summed E-state index contributed by atoms with van der Waals surface area (Å²) in [6.07, 6.45) is 2.69. The van der Waals surface area contributed by atoms with Crippen molar-refractivity contribution >= 4 is 0 Å². The third-order valence-corrected chi connectivity index (χ3v) is 5.33. The molecule has 150 valence electrons. The van der Waals surface area contributed by atoms with E-state index < -0.39 is 0 Å². The Morgan fingerprint density at radius 2 is 1.54 bits per heavy atom. The number of allylic oxidation sites excluding steroid dienone is 1. The first-order valence-electron chi connectivity index (χ1n) is 9.77. The van der Waals surface area contributed by atoms with Gasteiger partial charge >= 0.3 is 0 Å². The molecule has 0 N–H and O–H groups in total. The molecule has 2 aromatic rings. The van der Waals surface area contributed by atoms with Gasteiger partial charge in [0.25, 0.3) is 0 Å². The van der Waals surface area contributed by atoms with E-state index in [0.29, 0.717) is 19.0 Å². The molecule has 0 saturated carbocycles. The molecule has 1 unspecified atom stereocenters. The Morgan fingerprint density at radius 1 is 1.00 bits per heavy atom. The van der Waals surface area contributed by atoms with Crippen LogP contribution < -0.4 is 0 Å². The van der Waals surface area contributed by atoms with Crippen molar-refractivity contribution in [2.45, 2.75) is 46.5 Å². The summed E-state index contributed by atoms with van der Waals surface area (Å²) < 4.78 is 17.8. The minimum absolute atomic E-state index is 0.0515. The van der Waals surface area contributed by atoms with Crippen LogP contribution in [0.1, 0.15) is 38.3 Å². The highest BCUT2D eigenvalue weighted by Gasteiger charge is 2.36. The number of hydrogen-bond donors (Lipinski definition) is 0. The first kappa shape index (κ1) is 21.8. The van der Waals surface area contributed by atoms with Crippen LogP contribution in [0.2, 0.25) is 0 Å². The van der Waals surface area contributed by atoms with Gasteiger partial charge in [-0.05, 0) is 24.5 Å². The quantitative estimate of drug-likeness (QED) is 0.340. The molecule has 0 fully saturated rings. The van der Waals surface area contributed by atoms with Crippen molar-refractivity contribution in [3.8, 4) is 0 Å². The van der Waals surface area contributed by atoms with Gasteiger partial charge in [-0.2, -0.15) is 0 Å². The maximum Gasteiger partial charge on any atom is 0.115 e. The van der Waals surface area contributed by atoms with Gasteiger partial charge in [0.1, 0.15) is 18.1 Å². The van der Waals surface area contributed by atoms with Gasteiger partial charge in [-0.3, -0.25) is 0 Å². The van der Waals surface area contributed by atoms with Crippen molar-refractivity contribution in [3.05, 3.63) is 96.0 Å². The molecule has 3 heteroatoms. The summed E-state index contributed by atoms with van der Waals surface area (Å²) in [5.74, 6) is 1.39. The molecule has 0 aliphatic carbocycles. The summed E-state index contributed by atoms with van der Waals surface area (Å²) in [6, 6.07) is 20.4.